The van der Waals surface area contributed by atoms with E-state index in [1.54, 1.807) is 6.92 Å². The molecule has 114 valence electrons. The predicted octanol–water partition coefficient (Wildman–Crippen LogP) is 2.64. The first-order chi connectivity index (χ1) is 8.97. The SMILES string of the molecule is CCCCCOS(=O)(=O)C(CCC)COC(=O)CC. The number of carbonyl (C=O) groups is 1. The van der Waals surface area contributed by atoms with E-state index in [9.17, 15) is 13.2 Å². The molecule has 1 unspecified atom stereocenters. The molecule has 0 N–H and O–H groups in total. The van der Waals surface area contributed by atoms with Crippen molar-refractivity contribution in [3.8, 4) is 0 Å². The summed E-state index contributed by atoms with van der Waals surface area (Å²) in [5.41, 5.74) is 0. The Kier molecular flexibility index (Phi) is 9.87. The first-order valence-electron chi connectivity index (χ1n) is 7.01. The third-order valence-electron chi connectivity index (χ3n) is 2.73. The summed E-state index contributed by atoms with van der Waals surface area (Å²) < 4.78 is 33.9. The summed E-state index contributed by atoms with van der Waals surface area (Å²) in [5.74, 6) is -0.387. The van der Waals surface area contributed by atoms with Crippen molar-refractivity contribution in [1.82, 2.24) is 0 Å². The van der Waals surface area contributed by atoms with Crippen LogP contribution in [0.25, 0.3) is 0 Å². The maximum atomic E-state index is 12.0. The zero-order valence-electron chi connectivity index (χ0n) is 12.2. The summed E-state index contributed by atoms with van der Waals surface area (Å²) in [6.07, 6.45) is 4.06. The quantitative estimate of drug-likeness (QED) is 0.333. The standard InChI is InChI=1S/C13H26O5S/c1-4-7-8-10-18-19(15,16)12(9-5-2)11-17-13(14)6-3/h12H,4-11H2,1-3H3. The normalized spacial score (nSPS) is 13.2. The highest BCUT2D eigenvalue weighted by Gasteiger charge is 2.27. The lowest BCUT2D eigenvalue weighted by Crippen LogP contribution is -2.29. The van der Waals surface area contributed by atoms with Crippen LogP contribution < -0.4 is 0 Å². The van der Waals surface area contributed by atoms with E-state index in [1.165, 1.54) is 0 Å². The maximum absolute atomic E-state index is 12.0. The van der Waals surface area contributed by atoms with Gasteiger partial charge >= 0.3 is 5.97 Å². The van der Waals surface area contributed by atoms with Gasteiger partial charge in [-0.05, 0) is 12.8 Å². The van der Waals surface area contributed by atoms with Crippen molar-refractivity contribution in [2.45, 2.75) is 64.5 Å². The molecule has 1 atom stereocenters. The highest BCUT2D eigenvalue weighted by molar-refractivity contribution is 7.87. The van der Waals surface area contributed by atoms with Gasteiger partial charge in [0.2, 0.25) is 0 Å². The minimum atomic E-state index is -3.65. The molecule has 0 aromatic rings. The summed E-state index contributed by atoms with van der Waals surface area (Å²) >= 11 is 0. The second-order valence-electron chi connectivity index (χ2n) is 4.47. The third-order valence-corrected chi connectivity index (χ3v) is 4.42. The van der Waals surface area contributed by atoms with Crippen LogP contribution in [0.2, 0.25) is 0 Å². The van der Waals surface area contributed by atoms with E-state index in [-0.39, 0.29) is 25.6 Å². The topological polar surface area (TPSA) is 69.7 Å². The number of rotatable bonds is 11. The summed E-state index contributed by atoms with van der Waals surface area (Å²) in [6.45, 7) is 5.70. The van der Waals surface area contributed by atoms with E-state index in [0.29, 0.717) is 12.8 Å². The molecule has 0 radical (unpaired) electrons. The molecule has 0 bridgehead atoms. The van der Waals surface area contributed by atoms with E-state index < -0.39 is 15.4 Å². The van der Waals surface area contributed by atoms with Crippen molar-refractivity contribution in [1.29, 1.82) is 0 Å². The van der Waals surface area contributed by atoms with Crippen molar-refractivity contribution in [2.24, 2.45) is 0 Å². The van der Waals surface area contributed by atoms with Gasteiger partial charge < -0.3 is 4.74 Å². The molecule has 0 aliphatic carbocycles. The van der Waals surface area contributed by atoms with Crippen LogP contribution in [0.3, 0.4) is 0 Å². The number of ether oxygens (including phenoxy) is 1. The number of esters is 1. The molecule has 0 saturated heterocycles. The zero-order chi connectivity index (χ0) is 14.7. The molecule has 0 aromatic carbocycles. The third kappa shape index (κ3) is 8.21. The van der Waals surface area contributed by atoms with Gasteiger partial charge in [0.25, 0.3) is 10.1 Å². The maximum Gasteiger partial charge on any atom is 0.305 e. The fraction of sp³-hybridized carbons (Fsp3) is 0.923. The highest BCUT2D eigenvalue weighted by Crippen LogP contribution is 2.13. The number of unbranched alkanes of at least 4 members (excludes halogenated alkanes) is 2. The lowest BCUT2D eigenvalue weighted by Gasteiger charge is -2.16. The summed E-state index contributed by atoms with van der Waals surface area (Å²) in [6, 6.07) is 0. The molecular weight excluding hydrogens is 268 g/mol. The minimum Gasteiger partial charge on any atom is -0.464 e. The summed E-state index contributed by atoms with van der Waals surface area (Å²) in [4.78, 5) is 11.1. The van der Waals surface area contributed by atoms with Gasteiger partial charge in [-0.15, -0.1) is 0 Å². The van der Waals surface area contributed by atoms with Gasteiger partial charge in [0.1, 0.15) is 11.9 Å². The Morgan fingerprint density at radius 1 is 1.11 bits per heavy atom. The van der Waals surface area contributed by atoms with Gasteiger partial charge in [-0.3, -0.25) is 8.98 Å². The molecule has 5 nitrogen and oxygen atoms in total. The van der Waals surface area contributed by atoms with Crippen LogP contribution in [-0.4, -0.2) is 32.9 Å². The highest BCUT2D eigenvalue weighted by atomic mass is 32.2. The van der Waals surface area contributed by atoms with E-state index >= 15 is 0 Å². The Morgan fingerprint density at radius 2 is 1.79 bits per heavy atom. The smallest absolute Gasteiger partial charge is 0.305 e. The molecule has 19 heavy (non-hydrogen) atoms. The van der Waals surface area contributed by atoms with Crippen LogP contribution in [0.4, 0.5) is 0 Å². The van der Waals surface area contributed by atoms with Gasteiger partial charge in [-0.2, -0.15) is 8.42 Å². The van der Waals surface area contributed by atoms with Crippen molar-refractivity contribution >= 4 is 16.1 Å². The molecule has 0 aromatic heterocycles. The average molecular weight is 294 g/mol. The molecular formula is C13H26O5S. The van der Waals surface area contributed by atoms with Crippen molar-refractivity contribution < 1.29 is 22.1 Å². The average Bonchev–Trinajstić information content (AvgIpc) is 2.39. The summed E-state index contributed by atoms with van der Waals surface area (Å²) in [5, 5.41) is -0.755. The van der Waals surface area contributed by atoms with Gasteiger partial charge in [0.05, 0.1) is 6.61 Å². The van der Waals surface area contributed by atoms with Crippen LogP contribution in [0, 0.1) is 0 Å². The predicted molar refractivity (Wildman–Crippen MR) is 74.3 cm³/mol. The molecule has 0 saturated carbocycles. The molecule has 0 rings (SSSR count). The molecule has 0 aliphatic heterocycles. The van der Waals surface area contributed by atoms with Crippen molar-refractivity contribution in [3.05, 3.63) is 0 Å². The number of hydrogen-bond donors (Lipinski definition) is 0. The molecule has 0 amide bonds. The van der Waals surface area contributed by atoms with Gasteiger partial charge in [-0.1, -0.05) is 40.0 Å². The van der Waals surface area contributed by atoms with E-state index in [4.69, 9.17) is 8.92 Å². The Hall–Kier alpha value is -0.620. The van der Waals surface area contributed by atoms with E-state index in [1.807, 2.05) is 13.8 Å². The monoisotopic (exact) mass is 294 g/mol. The van der Waals surface area contributed by atoms with E-state index in [2.05, 4.69) is 0 Å². The zero-order valence-corrected chi connectivity index (χ0v) is 13.0. The van der Waals surface area contributed by atoms with Crippen molar-refractivity contribution in [2.75, 3.05) is 13.2 Å². The Bertz CT molecular complexity index is 337. The largest absolute Gasteiger partial charge is 0.464 e. The van der Waals surface area contributed by atoms with Gasteiger partial charge in [0.15, 0.2) is 0 Å². The lowest BCUT2D eigenvalue weighted by atomic mass is 10.2. The van der Waals surface area contributed by atoms with Crippen LogP contribution in [-0.2, 0) is 23.8 Å². The Morgan fingerprint density at radius 3 is 2.32 bits per heavy atom. The molecule has 0 fully saturated rings. The molecule has 0 spiro atoms. The van der Waals surface area contributed by atoms with Crippen molar-refractivity contribution in [3.63, 3.8) is 0 Å². The molecule has 6 heteroatoms. The fourth-order valence-electron chi connectivity index (χ4n) is 1.54. The second kappa shape index (κ2) is 10.2. The first-order valence-corrected chi connectivity index (χ1v) is 8.48. The summed E-state index contributed by atoms with van der Waals surface area (Å²) in [7, 11) is -3.65. The van der Waals surface area contributed by atoms with Crippen LogP contribution in [0.15, 0.2) is 0 Å². The lowest BCUT2D eigenvalue weighted by molar-refractivity contribution is -0.143. The Balaban J connectivity index is 4.35. The first kappa shape index (κ1) is 18.4. The van der Waals surface area contributed by atoms with Crippen LogP contribution >= 0.6 is 0 Å². The second-order valence-corrected chi connectivity index (χ2v) is 6.36. The Labute approximate surface area is 116 Å². The number of hydrogen-bond acceptors (Lipinski definition) is 5. The van der Waals surface area contributed by atoms with Gasteiger partial charge in [0, 0.05) is 6.42 Å². The van der Waals surface area contributed by atoms with Crippen LogP contribution in [0.1, 0.15) is 59.3 Å². The molecule has 0 aliphatic rings. The number of carbonyl (C=O) groups excluding carboxylic acids is 1. The fourth-order valence-corrected chi connectivity index (χ4v) is 2.85. The van der Waals surface area contributed by atoms with E-state index in [0.717, 1.165) is 19.3 Å². The van der Waals surface area contributed by atoms with Gasteiger partial charge in [-0.25, -0.2) is 0 Å². The molecule has 0 heterocycles. The minimum absolute atomic E-state index is 0.114. The van der Waals surface area contributed by atoms with Crippen LogP contribution in [0.5, 0.6) is 0 Å².